The molecular weight excluding hydrogens is 529 g/mol. The van der Waals surface area contributed by atoms with Crippen molar-refractivity contribution < 1.29 is 12.9 Å². The lowest BCUT2D eigenvalue weighted by Gasteiger charge is -2.44. The number of nitrogens with one attached hydrogen (secondary N) is 1. The molecule has 0 radical (unpaired) electrons. The molecule has 170 valence electrons. The van der Waals surface area contributed by atoms with E-state index < -0.39 is 10.0 Å². The highest BCUT2D eigenvalue weighted by Crippen LogP contribution is 2.43. The smallest absolute Gasteiger partial charge is 0.220 e. The molecule has 1 saturated carbocycles. The molecule has 8 nitrogen and oxygen atoms in total. The summed E-state index contributed by atoms with van der Waals surface area (Å²) in [6, 6.07) is 12.3. The van der Waals surface area contributed by atoms with E-state index in [-0.39, 0.29) is 35.1 Å². The van der Waals surface area contributed by atoms with E-state index in [1.165, 1.54) is 35.4 Å². The van der Waals surface area contributed by atoms with E-state index in [0.717, 1.165) is 12.5 Å². The fourth-order valence-electron chi connectivity index (χ4n) is 4.31. The lowest BCUT2D eigenvalue weighted by Crippen LogP contribution is -2.56. The quantitative estimate of drug-likeness (QED) is 0.332. The number of benzene rings is 1. The minimum absolute atomic E-state index is 0. The Bertz CT molecular complexity index is 954. The van der Waals surface area contributed by atoms with Gasteiger partial charge in [0.15, 0.2) is 5.96 Å². The maximum atomic E-state index is 12.6. The lowest BCUT2D eigenvalue weighted by molar-refractivity contribution is 0.231. The molecule has 1 saturated heterocycles. The molecule has 1 aliphatic heterocycles. The standard InChI is InChI=1S/C21H29N5O3S.HI/c1-22-20(23-17-21(9-5-10-21)18-6-3-2-4-7-18)25-11-13-26(14-12-25)30(27,28)16-19-8-15-29-24-19;/h2-4,6-8,15H,5,9-14,16-17H2,1H3,(H,22,23);1H. The number of halogens is 1. The highest BCUT2D eigenvalue weighted by molar-refractivity contribution is 14.0. The Morgan fingerprint density at radius 2 is 1.87 bits per heavy atom. The number of aromatic nitrogens is 1. The first-order valence-electron chi connectivity index (χ1n) is 10.4. The van der Waals surface area contributed by atoms with Crippen LogP contribution in [0.4, 0.5) is 0 Å². The molecule has 0 amide bonds. The number of nitrogens with zero attached hydrogens (tertiary/aromatic N) is 4. The van der Waals surface area contributed by atoms with Gasteiger partial charge in [0.05, 0.1) is 5.69 Å². The summed E-state index contributed by atoms with van der Waals surface area (Å²) < 4.78 is 31.6. The molecule has 0 spiro atoms. The minimum Gasteiger partial charge on any atom is -0.364 e. The van der Waals surface area contributed by atoms with E-state index in [2.05, 4.69) is 50.7 Å². The molecule has 31 heavy (non-hydrogen) atoms. The molecule has 1 aromatic carbocycles. The largest absolute Gasteiger partial charge is 0.364 e. The number of aliphatic imine (C=N–C) groups is 1. The molecule has 0 unspecified atom stereocenters. The van der Waals surface area contributed by atoms with Gasteiger partial charge in [-0.3, -0.25) is 4.99 Å². The maximum absolute atomic E-state index is 12.6. The first-order chi connectivity index (χ1) is 14.5. The van der Waals surface area contributed by atoms with Crippen molar-refractivity contribution in [3.05, 3.63) is 53.9 Å². The van der Waals surface area contributed by atoms with Crippen LogP contribution in [0.25, 0.3) is 0 Å². The topological polar surface area (TPSA) is 91.0 Å². The normalized spacial score (nSPS) is 19.4. The Hall–Kier alpha value is -1.66. The first-order valence-corrected chi connectivity index (χ1v) is 12.0. The van der Waals surface area contributed by atoms with Crippen LogP contribution in [0.1, 0.15) is 30.5 Å². The fourth-order valence-corrected chi connectivity index (χ4v) is 5.74. The van der Waals surface area contributed by atoms with Crippen LogP contribution < -0.4 is 5.32 Å². The third-order valence-corrected chi connectivity index (χ3v) is 8.06. The van der Waals surface area contributed by atoms with Gasteiger partial charge in [-0.05, 0) is 18.4 Å². The monoisotopic (exact) mass is 559 g/mol. The molecule has 2 heterocycles. The Kier molecular flexibility index (Phi) is 7.98. The summed E-state index contributed by atoms with van der Waals surface area (Å²) in [6.45, 7) is 2.93. The molecule has 4 rings (SSSR count). The van der Waals surface area contributed by atoms with Crippen LogP contribution in [0, 0.1) is 0 Å². The van der Waals surface area contributed by atoms with E-state index >= 15 is 0 Å². The van der Waals surface area contributed by atoms with Gasteiger partial charge < -0.3 is 14.7 Å². The van der Waals surface area contributed by atoms with Gasteiger partial charge in [-0.15, -0.1) is 24.0 Å². The second-order valence-electron chi connectivity index (χ2n) is 8.03. The lowest BCUT2D eigenvalue weighted by atomic mass is 9.64. The molecule has 2 aromatic rings. The van der Waals surface area contributed by atoms with Gasteiger partial charge in [-0.1, -0.05) is 41.9 Å². The van der Waals surface area contributed by atoms with Crippen molar-refractivity contribution in [3.63, 3.8) is 0 Å². The van der Waals surface area contributed by atoms with Gasteiger partial charge in [0.2, 0.25) is 10.0 Å². The van der Waals surface area contributed by atoms with Crippen LogP contribution in [-0.4, -0.2) is 68.5 Å². The van der Waals surface area contributed by atoms with Crippen molar-refractivity contribution >= 4 is 40.0 Å². The van der Waals surface area contributed by atoms with E-state index in [4.69, 9.17) is 4.52 Å². The zero-order chi connectivity index (χ0) is 21.0. The summed E-state index contributed by atoms with van der Waals surface area (Å²) >= 11 is 0. The van der Waals surface area contributed by atoms with Crippen molar-refractivity contribution in [1.82, 2.24) is 19.7 Å². The van der Waals surface area contributed by atoms with Crippen molar-refractivity contribution in [1.29, 1.82) is 0 Å². The van der Waals surface area contributed by atoms with Crippen LogP contribution >= 0.6 is 24.0 Å². The van der Waals surface area contributed by atoms with Gasteiger partial charge in [0.1, 0.15) is 12.0 Å². The minimum atomic E-state index is -3.40. The second-order valence-corrected chi connectivity index (χ2v) is 10.0. The van der Waals surface area contributed by atoms with Gasteiger partial charge >= 0.3 is 0 Å². The Balaban J connectivity index is 0.00000272. The molecule has 1 aliphatic carbocycles. The van der Waals surface area contributed by atoms with E-state index in [1.807, 2.05) is 0 Å². The van der Waals surface area contributed by atoms with E-state index in [0.29, 0.717) is 31.9 Å². The summed E-state index contributed by atoms with van der Waals surface area (Å²) in [4.78, 5) is 6.59. The molecule has 1 N–H and O–H groups in total. The van der Waals surface area contributed by atoms with Crippen LogP contribution in [0.3, 0.4) is 0 Å². The Morgan fingerprint density at radius 3 is 2.42 bits per heavy atom. The zero-order valence-electron chi connectivity index (χ0n) is 17.7. The SMILES string of the molecule is CN=C(NCC1(c2ccccc2)CCC1)N1CCN(S(=O)(=O)Cc2ccon2)CC1.I. The molecule has 10 heteroatoms. The highest BCUT2D eigenvalue weighted by Gasteiger charge is 2.39. The van der Waals surface area contributed by atoms with Crippen LogP contribution in [-0.2, 0) is 21.2 Å². The summed E-state index contributed by atoms with van der Waals surface area (Å²) in [7, 11) is -1.62. The van der Waals surface area contributed by atoms with Crippen LogP contribution in [0.5, 0.6) is 0 Å². The maximum Gasteiger partial charge on any atom is 0.220 e. The van der Waals surface area contributed by atoms with Gasteiger partial charge in [0.25, 0.3) is 0 Å². The Labute approximate surface area is 201 Å². The van der Waals surface area contributed by atoms with Gasteiger partial charge in [0, 0.05) is 51.3 Å². The van der Waals surface area contributed by atoms with Crippen molar-refractivity contribution in [3.8, 4) is 0 Å². The molecule has 1 aromatic heterocycles. The number of rotatable bonds is 6. The van der Waals surface area contributed by atoms with E-state index in [9.17, 15) is 8.42 Å². The molecule has 0 atom stereocenters. The number of hydrogen-bond donors (Lipinski definition) is 1. The average molecular weight is 559 g/mol. The first kappa shape index (κ1) is 24.0. The van der Waals surface area contributed by atoms with Crippen molar-refractivity contribution in [2.24, 2.45) is 4.99 Å². The molecular formula is C21H30IN5O3S. The predicted octanol–water partition coefficient (Wildman–Crippen LogP) is 2.44. The third-order valence-electron chi connectivity index (χ3n) is 6.25. The van der Waals surface area contributed by atoms with Crippen LogP contribution in [0.2, 0.25) is 0 Å². The second kappa shape index (κ2) is 10.3. The summed E-state index contributed by atoms with van der Waals surface area (Å²) in [5.74, 6) is 0.710. The van der Waals surface area contributed by atoms with Gasteiger partial charge in [-0.2, -0.15) is 4.31 Å². The summed E-state index contributed by atoms with van der Waals surface area (Å²) in [6.07, 6.45) is 4.99. The predicted molar refractivity (Wildman–Crippen MR) is 131 cm³/mol. The highest BCUT2D eigenvalue weighted by atomic mass is 127. The average Bonchev–Trinajstić information content (AvgIpc) is 3.23. The number of piperazine rings is 1. The Morgan fingerprint density at radius 1 is 1.16 bits per heavy atom. The molecule has 2 aliphatic rings. The van der Waals surface area contributed by atoms with Crippen molar-refractivity contribution in [2.45, 2.75) is 30.4 Å². The van der Waals surface area contributed by atoms with Gasteiger partial charge in [-0.25, -0.2) is 8.42 Å². The summed E-state index contributed by atoms with van der Waals surface area (Å²) in [5, 5.41) is 7.27. The van der Waals surface area contributed by atoms with Crippen molar-refractivity contribution in [2.75, 3.05) is 39.8 Å². The number of sulfonamides is 1. The fraction of sp³-hybridized carbons (Fsp3) is 0.524. The number of hydrogen-bond acceptors (Lipinski definition) is 5. The number of guanidine groups is 1. The third kappa shape index (κ3) is 5.40. The molecule has 2 fully saturated rings. The van der Waals surface area contributed by atoms with E-state index in [1.54, 1.807) is 13.1 Å². The summed E-state index contributed by atoms with van der Waals surface area (Å²) in [5.41, 5.74) is 1.98. The van der Waals surface area contributed by atoms with Crippen LogP contribution in [0.15, 0.2) is 52.2 Å². The zero-order valence-corrected chi connectivity index (χ0v) is 20.9. The molecule has 0 bridgehead atoms.